The third-order valence-corrected chi connectivity index (χ3v) is 7.91. The van der Waals surface area contributed by atoms with Crippen molar-refractivity contribution in [2.45, 2.75) is 36.1 Å². The van der Waals surface area contributed by atoms with E-state index in [9.17, 15) is 13.2 Å². The van der Waals surface area contributed by atoms with Gasteiger partial charge < -0.3 is 4.90 Å². The van der Waals surface area contributed by atoms with Crippen molar-refractivity contribution in [1.29, 1.82) is 0 Å². The lowest BCUT2D eigenvalue weighted by Crippen LogP contribution is -2.47. The number of aryl methyl sites for hydroxylation is 1. The van der Waals surface area contributed by atoms with Crippen LogP contribution in [-0.2, 0) is 10.0 Å². The van der Waals surface area contributed by atoms with Gasteiger partial charge in [-0.2, -0.15) is 0 Å². The molecule has 2 aliphatic rings. The molecule has 132 valence electrons. The fraction of sp³-hybridized carbons (Fsp3) is 0.412. The Bertz CT molecular complexity index is 878. The Morgan fingerprint density at radius 1 is 1.32 bits per heavy atom. The van der Waals surface area contributed by atoms with Crippen molar-refractivity contribution >= 4 is 27.3 Å². The fourth-order valence-electron chi connectivity index (χ4n) is 3.78. The molecule has 6 nitrogen and oxygen atoms in total. The summed E-state index contributed by atoms with van der Waals surface area (Å²) in [6.45, 7) is 2.48. The van der Waals surface area contributed by atoms with Crippen LogP contribution in [0.15, 0.2) is 40.1 Å². The summed E-state index contributed by atoms with van der Waals surface area (Å²) in [7, 11) is -3.46. The second-order valence-corrected chi connectivity index (χ2v) is 9.58. The van der Waals surface area contributed by atoms with Crippen LogP contribution in [0.3, 0.4) is 0 Å². The summed E-state index contributed by atoms with van der Waals surface area (Å²) in [6.07, 6.45) is 3.13. The minimum atomic E-state index is -3.46. The molecule has 0 spiro atoms. The predicted molar refractivity (Wildman–Crippen MR) is 95.0 cm³/mol. The predicted octanol–water partition coefficient (Wildman–Crippen LogP) is 2.03. The summed E-state index contributed by atoms with van der Waals surface area (Å²) < 4.78 is 28.0. The Morgan fingerprint density at radius 2 is 2.16 bits per heavy atom. The summed E-state index contributed by atoms with van der Waals surface area (Å²) in [4.78, 5) is 18.7. The molecule has 2 aromatic heterocycles. The molecule has 0 aromatic carbocycles. The van der Waals surface area contributed by atoms with Gasteiger partial charge in [0.25, 0.3) is 5.91 Å². The van der Waals surface area contributed by atoms with Crippen LogP contribution in [0.2, 0.25) is 0 Å². The number of hydrogen-bond donors (Lipinski definition) is 1. The molecule has 1 aliphatic carbocycles. The first-order valence-electron chi connectivity index (χ1n) is 8.23. The monoisotopic (exact) mass is 377 g/mol. The third kappa shape index (κ3) is 3.09. The molecule has 0 radical (unpaired) electrons. The second kappa shape index (κ2) is 6.19. The number of piperidine rings is 1. The van der Waals surface area contributed by atoms with Crippen molar-refractivity contribution < 1.29 is 13.2 Å². The maximum Gasteiger partial charge on any atom is 0.255 e. The van der Waals surface area contributed by atoms with Crippen LogP contribution in [0.5, 0.6) is 0 Å². The van der Waals surface area contributed by atoms with E-state index < -0.39 is 10.0 Å². The van der Waals surface area contributed by atoms with E-state index in [1.807, 2.05) is 17.9 Å². The average molecular weight is 377 g/mol. The highest BCUT2D eigenvalue weighted by atomic mass is 32.2. The maximum absolute atomic E-state index is 12.7. The molecule has 1 saturated heterocycles. The highest BCUT2D eigenvalue weighted by Crippen LogP contribution is 2.39. The molecular weight excluding hydrogens is 358 g/mol. The summed E-state index contributed by atoms with van der Waals surface area (Å²) in [5, 5.41) is 1.76. The molecule has 3 heterocycles. The number of nitrogens with zero attached hydrogens (tertiary/aromatic N) is 2. The molecule has 25 heavy (non-hydrogen) atoms. The highest BCUT2D eigenvalue weighted by Gasteiger charge is 2.47. The zero-order chi connectivity index (χ0) is 17.6. The minimum absolute atomic E-state index is 0.0143. The Labute approximate surface area is 150 Å². The minimum Gasteiger partial charge on any atom is -0.335 e. The number of carbonyl (C=O) groups excluding carboxylic acids is 1. The lowest BCUT2D eigenvalue weighted by atomic mass is 10.0. The van der Waals surface area contributed by atoms with Crippen molar-refractivity contribution in [3.05, 3.63) is 47.1 Å². The van der Waals surface area contributed by atoms with E-state index in [0.717, 1.165) is 12.1 Å². The van der Waals surface area contributed by atoms with E-state index in [0.29, 0.717) is 22.7 Å². The standard InChI is InChI=1S/C17H19N3O3S2/c1-11-4-5-12(9-18-11)17(21)20-10-13-7-14(20)8-15(13)19-25(22,23)16-3-2-6-24-16/h2-6,9,13-15,19H,7-8,10H2,1H3. The Morgan fingerprint density at radius 3 is 2.76 bits per heavy atom. The summed E-state index contributed by atoms with van der Waals surface area (Å²) in [6, 6.07) is 6.97. The van der Waals surface area contributed by atoms with Crippen LogP contribution < -0.4 is 4.72 Å². The van der Waals surface area contributed by atoms with E-state index in [2.05, 4.69) is 9.71 Å². The van der Waals surface area contributed by atoms with Crippen molar-refractivity contribution in [2.24, 2.45) is 5.92 Å². The quantitative estimate of drug-likeness (QED) is 0.884. The van der Waals surface area contributed by atoms with Crippen molar-refractivity contribution in [2.75, 3.05) is 6.54 Å². The van der Waals surface area contributed by atoms with Gasteiger partial charge in [0.15, 0.2) is 0 Å². The number of likely N-dealkylation sites (tertiary alicyclic amines) is 1. The number of thiophene rings is 1. The number of amides is 1. The SMILES string of the molecule is Cc1ccc(C(=O)N2CC3CC2CC3NS(=O)(=O)c2cccs2)cn1. The number of hydrogen-bond acceptors (Lipinski definition) is 5. The van der Waals surface area contributed by atoms with Gasteiger partial charge in [0.05, 0.1) is 5.56 Å². The van der Waals surface area contributed by atoms with Gasteiger partial charge in [-0.3, -0.25) is 9.78 Å². The molecule has 1 saturated carbocycles. The second-order valence-electron chi connectivity index (χ2n) is 6.69. The number of carbonyl (C=O) groups is 1. The van der Waals surface area contributed by atoms with Crippen molar-refractivity contribution in [3.8, 4) is 0 Å². The molecule has 1 amide bonds. The first kappa shape index (κ1) is 16.7. The van der Waals surface area contributed by atoms with Gasteiger partial charge in [-0.05, 0) is 49.3 Å². The molecule has 2 aromatic rings. The van der Waals surface area contributed by atoms with Crippen LogP contribution in [0.4, 0.5) is 0 Å². The zero-order valence-electron chi connectivity index (χ0n) is 13.8. The van der Waals surface area contributed by atoms with Gasteiger partial charge in [-0.15, -0.1) is 11.3 Å². The number of rotatable bonds is 4. The molecule has 4 rings (SSSR count). The highest BCUT2D eigenvalue weighted by molar-refractivity contribution is 7.91. The van der Waals surface area contributed by atoms with Crippen LogP contribution in [0.25, 0.3) is 0 Å². The van der Waals surface area contributed by atoms with Crippen LogP contribution >= 0.6 is 11.3 Å². The fourth-order valence-corrected chi connectivity index (χ4v) is 6.11. The molecule has 1 N–H and O–H groups in total. The molecule has 3 unspecified atom stereocenters. The molecule has 8 heteroatoms. The number of nitrogens with one attached hydrogen (secondary N) is 1. The van der Waals surface area contributed by atoms with Crippen LogP contribution in [0, 0.1) is 12.8 Å². The summed E-state index contributed by atoms with van der Waals surface area (Å²) in [5.74, 6) is 0.154. The van der Waals surface area contributed by atoms with Gasteiger partial charge >= 0.3 is 0 Å². The molecule has 1 aliphatic heterocycles. The molecule has 3 atom stereocenters. The van der Waals surface area contributed by atoms with Crippen molar-refractivity contribution in [3.63, 3.8) is 0 Å². The Balaban J connectivity index is 1.44. The third-order valence-electron chi connectivity index (χ3n) is 5.03. The first-order chi connectivity index (χ1) is 11.9. The van der Waals surface area contributed by atoms with E-state index in [1.165, 1.54) is 11.3 Å². The van der Waals surface area contributed by atoms with E-state index in [1.54, 1.807) is 29.8 Å². The van der Waals surface area contributed by atoms with E-state index in [-0.39, 0.29) is 23.9 Å². The van der Waals surface area contributed by atoms with Crippen LogP contribution in [0.1, 0.15) is 28.9 Å². The number of sulfonamides is 1. The van der Waals surface area contributed by atoms with Gasteiger partial charge in [0.2, 0.25) is 10.0 Å². The number of pyridine rings is 1. The molecular formula is C17H19N3O3S2. The Hall–Kier alpha value is -1.77. The largest absolute Gasteiger partial charge is 0.335 e. The number of aromatic nitrogens is 1. The Kier molecular flexibility index (Phi) is 4.13. The molecule has 2 fully saturated rings. The van der Waals surface area contributed by atoms with Gasteiger partial charge in [-0.1, -0.05) is 6.07 Å². The van der Waals surface area contributed by atoms with Crippen molar-refractivity contribution in [1.82, 2.24) is 14.6 Å². The normalized spacial score (nSPS) is 25.5. The van der Waals surface area contributed by atoms with E-state index >= 15 is 0 Å². The van der Waals surface area contributed by atoms with E-state index in [4.69, 9.17) is 0 Å². The lowest BCUT2D eigenvalue weighted by Gasteiger charge is -2.31. The van der Waals surface area contributed by atoms with Gasteiger partial charge in [0.1, 0.15) is 4.21 Å². The summed E-state index contributed by atoms with van der Waals surface area (Å²) >= 11 is 1.22. The summed E-state index contributed by atoms with van der Waals surface area (Å²) in [5.41, 5.74) is 1.47. The van der Waals surface area contributed by atoms with Crippen LogP contribution in [-0.4, -0.2) is 42.8 Å². The smallest absolute Gasteiger partial charge is 0.255 e. The average Bonchev–Trinajstić information content (AvgIpc) is 3.31. The first-order valence-corrected chi connectivity index (χ1v) is 10.6. The zero-order valence-corrected chi connectivity index (χ0v) is 15.4. The lowest BCUT2D eigenvalue weighted by molar-refractivity contribution is 0.0691. The maximum atomic E-state index is 12.7. The van der Waals surface area contributed by atoms with Gasteiger partial charge in [0, 0.05) is 30.5 Å². The topological polar surface area (TPSA) is 79.4 Å². The van der Waals surface area contributed by atoms with Gasteiger partial charge in [-0.25, -0.2) is 13.1 Å². The number of fused-ring (bicyclic) bond motifs is 2. The molecule has 2 bridgehead atoms.